The zero-order valence-electron chi connectivity index (χ0n) is 8.61. The predicted molar refractivity (Wildman–Crippen MR) is 61.9 cm³/mol. The number of rotatable bonds is 3. The summed E-state index contributed by atoms with van der Waals surface area (Å²) in [5, 5.41) is 12.5. The Kier molecular flexibility index (Phi) is 4.47. The Balaban J connectivity index is 4.20. The van der Waals surface area contributed by atoms with E-state index < -0.39 is 0 Å². The molecule has 0 aliphatic carbocycles. The fraction of sp³-hybridized carbons (Fsp3) is 1.00. The summed E-state index contributed by atoms with van der Waals surface area (Å²) in [7, 11) is 0. The molecule has 0 saturated heterocycles. The standard InChI is InChI=1S/C9H20INO/c1-8(2,3)11-7(6-12)9(4,5)10/h7,11-12H,6H2,1-5H3. The maximum Gasteiger partial charge on any atom is 0.0597 e. The van der Waals surface area contributed by atoms with Gasteiger partial charge in [0, 0.05) is 15.0 Å². The molecule has 1 unspecified atom stereocenters. The molecule has 0 heterocycles. The van der Waals surface area contributed by atoms with E-state index in [-0.39, 0.29) is 21.6 Å². The van der Waals surface area contributed by atoms with E-state index in [1.807, 2.05) is 0 Å². The van der Waals surface area contributed by atoms with Crippen molar-refractivity contribution in [2.24, 2.45) is 0 Å². The second-order valence-electron chi connectivity index (χ2n) is 4.69. The van der Waals surface area contributed by atoms with Gasteiger partial charge in [-0.2, -0.15) is 0 Å². The smallest absolute Gasteiger partial charge is 0.0597 e. The van der Waals surface area contributed by atoms with Crippen molar-refractivity contribution in [3.63, 3.8) is 0 Å². The molecule has 0 spiro atoms. The maximum absolute atomic E-state index is 9.16. The van der Waals surface area contributed by atoms with Crippen LogP contribution in [0.15, 0.2) is 0 Å². The first-order valence-corrected chi connectivity index (χ1v) is 5.32. The second kappa shape index (κ2) is 4.24. The van der Waals surface area contributed by atoms with Gasteiger partial charge in [0.05, 0.1) is 6.61 Å². The minimum atomic E-state index is 0.0653. The zero-order valence-corrected chi connectivity index (χ0v) is 10.8. The van der Waals surface area contributed by atoms with E-state index in [0.717, 1.165) is 0 Å². The first-order valence-electron chi connectivity index (χ1n) is 4.24. The lowest BCUT2D eigenvalue weighted by atomic mass is 10.0. The molecular formula is C9H20INO. The van der Waals surface area contributed by atoms with Crippen LogP contribution in [0.2, 0.25) is 0 Å². The molecule has 2 nitrogen and oxygen atoms in total. The topological polar surface area (TPSA) is 32.3 Å². The SMILES string of the molecule is CC(C)(C)NC(CO)C(C)(C)I. The fourth-order valence-corrected chi connectivity index (χ4v) is 1.31. The lowest BCUT2D eigenvalue weighted by molar-refractivity contribution is 0.199. The van der Waals surface area contributed by atoms with Crippen LogP contribution >= 0.6 is 22.6 Å². The van der Waals surface area contributed by atoms with Gasteiger partial charge >= 0.3 is 0 Å². The van der Waals surface area contributed by atoms with Crippen molar-refractivity contribution in [2.75, 3.05) is 6.61 Å². The molecule has 0 amide bonds. The summed E-state index contributed by atoms with van der Waals surface area (Å²) < 4.78 is 0.0831. The first kappa shape index (κ1) is 12.7. The first-order chi connectivity index (χ1) is 5.17. The number of halogens is 1. The van der Waals surface area contributed by atoms with Gasteiger partial charge in [-0.1, -0.05) is 22.6 Å². The fourth-order valence-electron chi connectivity index (χ4n) is 0.957. The monoisotopic (exact) mass is 285 g/mol. The number of hydrogen-bond donors (Lipinski definition) is 2. The van der Waals surface area contributed by atoms with Crippen LogP contribution in [-0.4, -0.2) is 26.7 Å². The third-order valence-electron chi connectivity index (χ3n) is 1.62. The van der Waals surface area contributed by atoms with E-state index in [0.29, 0.717) is 0 Å². The summed E-state index contributed by atoms with van der Waals surface area (Å²) in [5.41, 5.74) is 0.0653. The van der Waals surface area contributed by atoms with Crippen LogP contribution in [0.5, 0.6) is 0 Å². The summed E-state index contributed by atoms with van der Waals surface area (Å²) in [4.78, 5) is 0. The van der Waals surface area contributed by atoms with Crippen molar-refractivity contribution < 1.29 is 5.11 Å². The second-order valence-corrected chi connectivity index (χ2v) is 7.47. The number of aliphatic hydroxyl groups is 1. The van der Waals surface area contributed by atoms with Crippen molar-refractivity contribution in [3.05, 3.63) is 0 Å². The van der Waals surface area contributed by atoms with E-state index in [4.69, 9.17) is 5.11 Å². The summed E-state index contributed by atoms with van der Waals surface area (Å²) in [6.07, 6.45) is 0. The number of hydrogen-bond acceptors (Lipinski definition) is 2. The van der Waals surface area contributed by atoms with Gasteiger partial charge in [-0.05, 0) is 34.6 Å². The van der Waals surface area contributed by atoms with Gasteiger partial charge in [0.25, 0.3) is 0 Å². The number of nitrogens with one attached hydrogen (secondary N) is 1. The largest absolute Gasteiger partial charge is 0.395 e. The van der Waals surface area contributed by atoms with Crippen molar-refractivity contribution in [2.45, 2.75) is 49.6 Å². The van der Waals surface area contributed by atoms with Gasteiger partial charge in [-0.15, -0.1) is 0 Å². The average Bonchev–Trinajstić information content (AvgIpc) is 1.78. The van der Waals surface area contributed by atoms with Crippen LogP contribution in [0, 0.1) is 0 Å². The molecule has 0 bridgehead atoms. The average molecular weight is 285 g/mol. The molecule has 0 radical (unpaired) electrons. The highest BCUT2D eigenvalue weighted by Crippen LogP contribution is 2.23. The van der Waals surface area contributed by atoms with Crippen LogP contribution in [0.1, 0.15) is 34.6 Å². The van der Waals surface area contributed by atoms with E-state index in [2.05, 4.69) is 62.5 Å². The van der Waals surface area contributed by atoms with Gasteiger partial charge in [0.1, 0.15) is 0 Å². The molecule has 1 atom stereocenters. The van der Waals surface area contributed by atoms with Gasteiger partial charge in [-0.3, -0.25) is 0 Å². The van der Waals surface area contributed by atoms with E-state index in [9.17, 15) is 0 Å². The molecule has 0 aromatic rings. The molecule has 74 valence electrons. The molecule has 0 fully saturated rings. The molecule has 0 aromatic carbocycles. The molecule has 2 N–H and O–H groups in total. The predicted octanol–water partition coefficient (Wildman–Crippen LogP) is 1.95. The van der Waals surface area contributed by atoms with Crippen molar-refractivity contribution >= 4 is 22.6 Å². The van der Waals surface area contributed by atoms with Crippen LogP contribution in [0.4, 0.5) is 0 Å². The number of alkyl halides is 1. The normalized spacial score (nSPS) is 16.2. The summed E-state index contributed by atoms with van der Waals surface area (Å²) >= 11 is 2.36. The van der Waals surface area contributed by atoms with Gasteiger partial charge < -0.3 is 10.4 Å². The lowest BCUT2D eigenvalue weighted by Gasteiger charge is -2.34. The molecule has 0 aromatic heterocycles. The van der Waals surface area contributed by atoms with Gasteiger partial charge in [0.15, 0.2) is 0 Å². The minimum absolute atomic E-state index is 0.0653. The third kappa shape index (κ3) is 5.32. The minimum Gasteiger partial charge on any atom is -0.395 e. The zero-order chi connectivity index (χ0) is 9.99. The lowest BCUT2D eigenvalue weighted by Crippen LogP contribution is -2.53. The maximum atomic E-state index is 9.16. The Morgan fingerprint density at radius 3 is 1.75 bits per heavy atom. The van der Waals surface area contributed by atoms with Crippen LogP contribution in [0.25, 0.3) is 0 Å². The van der Waals surface area contributed by atoms with Crippen molar-refractivity contribution in [3.8, 4) is 0 Å². The Bertz CT molecular complexity index is 134. The van der Waals surface area contributed by atoms with Crippen LogP contribution in [0.3, 0.4) is 0 Å². The van der Waals surface area contributed by atoms with E-state index >= 15 is 0 Å². The van der Waals surface area contributed by atoms with E-state index in [1.165, 1.54) is 0 Å². The van der Waals surface area contributed by atoms with Crippen molar-refractivity contribution in [1.82, 2.24) is 5.32 Å². The summed E-state index contributed by atoms with van der Waals surface area (Å²) in [5.74, 6) is 0. The highest BCUT2D eigenvalue weighted by atomic mass is 127. The quantitative estimate of drug-likeness (QED) is 0.613. The van der Waals surface area contributed by atoms with Gasteiger partial charge in [-0.25, -0.2) is 0 Å². The van der Waals surface area contributed by atoms with Crippen LogP contribution in [-0.2, 0) is 0 Å². The Hall–Kier alpha value is 0.650. The molecule has 0 aliphatic heterocycles. The number of aliphatic hydroxyl groups excluding tert-OH is 1. The summed E-state index contributed by atoms with van der Waals surface area (Å²) in [6.45, 7) is 10.8. The van der Waals surface area contributed by atoms with E-state index in [1.54, 1.807) is 0 Å². The molecule has 3 heteroatoms. The highest BCUT2D eigenvalue weighted by Gasteiger charge is 2.28. The molecular weight excluding hydrogens is 265 g/mol. The van der Waals surface area contributed by atoms with Crippen LogP contribution < -0.4 is 5.32 Å². The third-order valence-corrected chi connectivity index (χ3v) is 2.37. The molecule has 0 aliphatic rings. The molecule has 0 rings (SSSR count). The van der Waals surface area contributed by atoms with Crippen molar-refractivity contribution in [1.29, 1.82) is 0 Å². The summed E-state index contributed by atoms with van der Waals surface area (Å²) in [6, 6.07) is 0.151. The Labute approximate surface area is 89.3 Å². The highest BCUT2D eigenvalue weighted by molar-refractivity contribution is 14.1. The van der Waals surface area contributed by atoms with Gasteiger partial charge in [0.2, 0.25) is 0 Å². The molecule has 0 saturated carbocycles. The molecule has 12 heavy (non-hydrogen) atoms. The Morgan fingerprint density at radius 2 is 1.67 bits per heavy atom. The Morgan fingerprint density at radius 1 is 1.25 bits per heavy atom.